The van der Waals surface area contributed by atoms with E-state index in [0.29, 0.717) is 34.6 Å². The third kappa shape index (κ3) is 4.69. The highest BCUT2D eigenvalue weighted by atomic mass is 16.7. The van der Waals surface area contributed by atoms with E-state index in [1.165, 1.54) is 0 Å². The molecule has 2 aromatic carbocycles. The first-order chi connectivity index (χ1) is 14.6. The molecule has 0 atom stereocenters. The number of hydrogen-bond donors (Lipinski definition) is 4. The van der Waals surface area contributed by atoms with E-state index in [1.54, 1.807) is 30.3 Å². The Morgan fingerprint density at radius 1 is 0.933 bits per heavy atom. The first-order valence-corrected chi connectivity index (χ1v) is 9.53. The van der Waals surface area contributed by atoms with Crippen LogP contribution in [0.3, 0.4) is 0 Å². The van der Waals surface area contributed by atoms with E-state index < -0.39 is 0 Å². The van der Waals surface area contributed by atoms with Crippen LogP contribution in [0.5, 0.6) is 11.5 Å². The summed E-state index contributed by atoms with van der Waals surface area (Å²) in [4.78, 5) is 21.0. The van der Waals surface area contributed by atoms with Crippen LogP contribution in [-0.4, -0.2) is 29.3 Å². The molecule has 1 aliphatic heterocycles. The minimum absolute atomic E-state index is 0.191. The van der Waals surface area contributed by atoms with Crippen LogP contribution < -0.4 is 30.7 Å². The molecule has 0 unspecified atom stereocenters. The minimum atomic E-state index is -0.351. The van der Waals surface area contributed by atoms with Crippen LogP contribution in [0.25, 0.3) is 0 Å². The molecule has 9 heteroatoms. The summed E-state index contributed by atoms with van der Waals surface area (Å²) in [7, 11) is 0. The van der Waals surface area contributed by atoms with Gasteiger partial charge in [0.1, 0.15) is 5.82 Å². The summed E-state index contributed by atoms with van der Waals surface area (Å²) in [5, 5.41) is 11.9. The van der Waals surface area contributed by atoms with Crippen LogP contribution in [0, 0.1) is 6.92 Å². The summed E-state index contributed by atoms with van der Waals surface area (Å²) in [5.74, 6) is 2.55. The molecule has 0 spiro atoms. The maximum Gasteiger partial charge on any atom is 0.323 e. The van der Waals surface area contributed by atoms with Crippen LogP contribution in [0.1, 0.15) is 12.6 Å². The molecule has 0 saturated heterocycles. The molecule has 0 radical (unpaired) electrons. The molecule has 3 aromatic rings. The fourth-order valence-corrected chi connectivity index (χ4v) is 2.92. The fourth-order valence-electron chi connectivity index (χ4n) is 2.92. The molecule has 30 heavy (non-hydrogen) atoms. The van der Waals surface area contributed by atoms with E-state index in [9.17, 15) is 4.79 Å². The molecule has 4 N–H and O–H groups in total. The van der Waals surface area contributed by atoms with Crippen molar-refractivity contribution >= 4 is 34.9 Å². The van der Waals surface area contributed by atoms with Gasteiger partial charge in [0.15, 0.2) is 11.5 Å². The number of amides is 2. The number of carbonyl (C=O) groups is 1. The van der Waals surface area contributed by atoms with Gasteiger partial charge in [0.2, 0.25) is 12.7 Å². The standard InChI is InChI=1S/C21H22N6O3/c1-3-22-20-23-13(2)10-19(27-20)24-14-4-6-15(7-5-14)25-21(28)26-16-8-9-17-18(11-16)30-12-29-17/h4-11H,3,12H2,1-2H3,(H2,25,26,28)(H2,22,23,24,27). The predicted molar refractivity (Wildman–Crippen MR) is 116 cm³/mol. The molecular formula is C21H22N6O3. The number of carbonyl (C=O) groups excluding carboxylic acids is 1. The summed E-state index contributed by atoms with van der Waals surface area (Å²) in [6.45, 7) is 4.85. The average Bonchev–Trinajstić information content (AvgIpc) is 3.17. The Balaban J connectivity index is 1.36. The lowest BCUT2D eigenvalue weighted by Gasteiger charge is -2.11. The van der Waals surface area contributed by atoms with Gasteiger partial charge in [-0.25, -0.2) is 9.78 Å². The van der Waals surface area contributed by atoms with Gasteiger partial charge < -0.3 is 30.7 Å². The van der Waals surface area contributed by atoms with Crippen molar-refractivity contribution in [1.82, 2.24) is 9.97 Å². The highest BCUT2D eigenvalue weighted by Gasteiger charge is 2.14. The number of aromatic nitrogens is 2. The Kier molecular flexibility index (Phi) is 5.51. The molecule has 1 aromatic heterocycles. The van der Waals surface area contributed by atoms with Crippen molar-refractivity contribution in [3.05, 3.63) is 54.2 Å². The summed E-state index contributed by atoms with van der Waals surface area (Å²) < 4.78 is 10.6. The molecule has 1 aliphatic rings. The van der Waals surface area contributed by atoms with Crippen LogP contribution in [0.15, 0.2) is 48.5 Å². The predicted octanol–water partition coefficient (Wildman–Crippen LogP) is 4.33. The zero-order valence-electron chi connectivity index (χ0n) is 16.7. The van der Waals surface area contributed by atoms with Crippen molar-refractivity contribution < 1.29 is 14.3 Å². The Labute approximate surface area is 173 Å². The third-order valence-corrected chi connectivity index (χ3v) is 4.23. The second-order valence-corrected chi connectivity index (χ2v) is 6.60. The zero-order valence-corrected chi connectivity index (χ0v) is 16.7. The maximum absolute atomic E-state index is 12.3. The molecule has 0 bridgehead atoms. The number of rotatable bonds is 6. The van der Waals surface area contributed by atoms with E-state index in [2.05, 4.69) is 31.2 Å². The van der Waals surface area contributed by atoms with Gasteiger partial charge in [-0.1, -0.05) is 0 Å². The van der Waals surface area contributed by atoms with E-state index in [4.69, 9.17) is 9.47 Å². The number of anilines is 5. The van der Waals surface area contributed by atoms with Crippen molar-refractivity contribution in [1.29, 1.82) is 0 Å². The number of benzene rings is 2. The summed E-state index contributed by atoms with van der Waals surface area (Å²) in [5.41, 5.74) is 2.98. The van der Waals surface area contributed by atoms with Crippen molar-refractivity contribution in [2.45, 2.75) is 13.8 Å². The van der Waals surface area contributed by atoms with Crippen LogP contribution >= 0.6 is 0 Å². The van der Waals surface area contributed by atoms with Gasteiger partial charge in [0, 0.05) is 41.4 Å². The summed E-state index contributed by atoms with van der Waals surface area (Å²) >= 11 is 0. The second-order valence-electron chi connectivity index (χ2n) is 6.60. The first-order valence-electron chi connectivity index (χ1n) is 9.53. The average molecular weight is 406 g/mol. The minimum Gasteiger partial charge on any atom is -0.454 e. The van der Waals surface area contributed by atoms with E-state index >= 15 is 0 Å². The molecule has 2 amide bonds. The highest BCUT2D eigenvalue weighted by Crippen LogP contribution is 2.34. The molecule has 4 rings (SSSR count). The number of nitrogens with zero attached hydrogens (tertiary/aromatic N) is 2. The number of fused-ring (bicyclic) bond motifs is 1. The van der Waals surface area contributed by atoms with Crippen molar-refractivity contribution in [2.24, 2.45) is 0 Å². The van der Waals surface area contributed by atoms with Crippen molar-refractivity contribution in [3.63, 3.8) is 0 Å². The Hall–Kier alpha value is -4.01. The molecule has 9 nitrogen and oxygen atoms in total. The van der Waals surface area contributed by atoms with Crippen molar-refractivity contribution in [2.75, 3.05) is 34.6 Å². The van der Waals surface area contributed by atoms with Crippen LogP contribution in [0.2, 0.25) is 0 Å². The largest absolute Gasteiger partial charge is 0.454 e. The molecule has 2 heterocycles. The number of ether oxygens (including phenoxy) is 2. The van der Waals surface area contributed by atoms with Crippen LogP contribution in [-0.2, 0) is 0 Å². The Morgan fingerprint density at radius 2 is 1.63 bits per heavy atom. The number of nitrogens with one attached hydrogen (secondary N) is 4. The normalized spacial score (nSPS) is 11.7. The smallest absolute Gasteiger partial charge is 0.323 e. The zero-order chi connectivity index (χ0) is 20.9. The van der Waals surface area contributed by atoms with Gasteiger partial charge in [-0.2, -0.15) is 4.98 Å². The Bertz CT molecular complexity index is 1060. The molecule has 0 aliphatic carbocycles. The topological polar surface area (TPSA) is 109 Å². The first kappa shape index (κ1) is 19.3. The SMILES string of the molecule is CCNc1nc(C)cc(Nc2ccc(NC(=O)Nc3ccc4c(c3)OCO4)cc2)n1. The van der Waals surface area contributed by atoms with Crippen molar-refractivity contribution in [3.8, 4) is 11.5 Å². The van der Waals surface area contributed by atoms with Crippen LogP contribution in [0.4, 0.5) is 33.6 Å². The summed E-state index contributed by atoms with van der Waals surface area (Å²) in [6.07, 6.45) is 0. The van der Waals surface area contributed by atoms with Gasteiger partial charge in [-0.3, -0.25) is 0 Å². The third-order valence-electron chi connectivity index (χ3n) is 4.23. The van der Waals surface area contributed by atoms with E-state index in [0.717, 1.165) is 17.9 Å². The number of aryl methyl sites for hydroxylation is 1. The van der Waals surface area contributed by atoms with Gasteiger partial charge in [0.25, 0.3) is 0 Å². The number of urea groups is 1. The fraction of sp³-hybridized carbons (Fsp3) is 0.190. The van der Waals surface area contributed by atoms with E-state index in [1.807, 2.05) is 32.0 Å². The van der Waals surface area contributed by atoms with Gasteiger partial charge >= 0.3 is 6.03 Å². The van der Waals surface area contributed by atoms with Gasteiger partial charge in [0.05, 0.1) is 0 Å². The molecular weight excluding hydrogens is 384 g/mol. The lowest BCUT2D eigenvalue weighted by Crippen LogP contribution is -2.19. The monoisotopic (exact) mass is 406 g/mol. The highest BCUT2D eigenvalue weighted by molar-refractivity contribution is 6.00. The summed E-state index contributed by atoms with van der Waals surface area (Å²) in [6, 6.07) is 14.1. The lowest BCUT2D eigenvalue weighted by molar-refractivity contribution is 0.174. The molecule has 154 valence electrons. The van der Waals surface area contributed by atoms with Gasteiger partial charge in [-0.15, -0.1) is 0 Å². The quantitative estimate of drug-likeness (QED) is 0.482. The lowest BCUT2D eigenvalue weighted by atomic mass is 10.2. The maximum atomic E-state index is 12.3. The molecule has 0 saturated carbocycles. The Morgan fingerprint density at radius 3 is 2.43 bits per heavy atom. The second kappa shape index (κ2) is 8.56. The molecule has 0 fully saturated rings. The van der Waals surface area contributed by atoms with Gasteiger partial charge in [-0.05, 0) is 50.2 Å². The number of hydrogen-bond acceptors (Lipinski definition) is 7. The van der Waals surface area contributed by atoms with E-state index in [-0.39, 0.29) is 12.8 Å².